The molecule has 0 bridgehead atoms. The van der Waals surface area contributed by atoms with Crippen molar-refractivity contribution in [2.24, 2.45) is 10.9 Å². The summed E-state index contributed by atoms with van der Waals surface area (Å²) in [5.74, 6) is -0.0765. The highest BCUT2D eigenvalue weighted by molar-refractivity contribution is 7.22. The Labute approximate surface area is 160 Å². The van der Waals surface area contributed by atoms with Gasteiger partial charge in [-0.25, -0.2) is 0 Å². The number of ketones is 1. The Morgan fingerprint density at radius 3 is 2.89 bits per heavy atom. The third-order valence-electron chi connectivity index (χ3n) is 5.34. The molecule has 134 valence electrons. The normalized spacial score (nSPS) is 18.2. The van der Waals surface area contributed by atoms with E-state index in [0.29, 0.717) is 25.8 Å². The third kappa shape index (κ3) is 2.98. The van der Waals surface area contributed by atoms with Crippen LogP contribution in [0.15, 0.2) is 47.5 Å². The summed E-state index contributed by atoms with van der Waals surface area (Å²) in [5, 5.41) is 4.26. The molecule has 0 unspecified atom stereocenters. The van der Waals surface area contributed by atoms with E-state index in [1.807, 2.05) is 24.4 Å². The van der Waals surface area contributed by atoms with Gasteiger partial charge in [0.05, 0.1) is 6.54 Å². The molecular formula is C22H18N2O2S. The van der Waals surface area contributed by atoms with E-state index in [-0.39, 0.29) is 17.6 Å². The van der Waals surface area contributed by atoms with Gasteiger partial charge in [-0.15, -0.1) is 11.3 Å². The molecule has 27 heavy (non-hydrogen) atoms. The zero-order chi connectivity index (χ0) is 18.4. The van der Waals surface area contributed by atoms with Gasteiger partial charge in [0, 0.05) is 45.8 Å². The van der Waals surface area contributed by atoms with Gasteiger partial charge in [0.1, 0.15) is 5.78 Å². The largest absolute Gasteiger partial charge is 0.326 e. The second kappa shape index (κ2) is 6.43. The first-order valence-corrected chi connectivity index (χ1v) is 9.97. The Balaban J connectivity index is 1.52. The van der Waals surface area contributed by atoms with Crippen LogP contribution in [0.25, 0.3) is 20.5 Å². The maximum Gasteiger partial charge on any atom is 0.227 e. The molecule has 0 spiro atoms. The standard InChI is InChI=1S/C22H18N2O2S/c25-17-6-5-14(8-17)22(26)24-16-7-15-11-23-12-19(15)18(10-16)21-9-13-3-1-2-4-20(13)27-21/h1-4,7,9-11,14H,5-6,8,12H2,(H,24,26)/t14-/m0/s1. The molecule has 1 aliphatic heterocycles. The molecule has 0 radical (unpaired) electrons. The fourth-order valence-electron chi connectivity index (χ4n) is 3.91. The highest BCUT2D eigenvalue weighted by Crippen LogP contribution is 2.39. The van der Waals surface area contributed by atoms with Gasteiger partial charge >= 0.3 is 0 Å². The third-order valence-corrected chi connectivity index (χ3v) is 6.49. The van der Waals surface area contributed by atoms with Crippen LogP contribution in [0.1, 0.15) is 30.4 Å². The Bertz CT molecular complexity index is 1080. The van der Waals surface area contributed by atoms with E-state index in [9.17, 15) is 9.59 Å². The minimum absolute atomic E-state index is 0.0574. The van der Waals surface area contributed by atoms with E-state index in [1.165, 1.54) is 20.5 Å². The number of hydrogen-bond acceptors (Lipinski definition) is 4. The lowest BCUT2D eigenvalue weighted by Gasteiger charge is -2.13. The van der Waals surface area contributed by atoms with Crippen molar-refractivity contribution in [1.29, 1.82) is 0 Å². The number of thiophene rings is 1. The van der Waals surface area contributed by atoms with Gasteiger partial charge in [0.25, 0.3) is 0 Å². The molecule has 1 fully saturated rings. The maximum absolute atomic E-state index is 12.6. The fraction of sp³-hybridized carbons (Fsp3) is 0.227. The number of anilines is 1. The van der Waals surface area contributed by atoms with Crippen LogP contribution in [0.5, 0.6) is 0 Å². The van der Waals surface area contributed by atoms with Crippen molar-refractivity contribution < 1.29 is 9.59 Å². The number of nitrogens with one attached hydrogen (secondary N) is 1. The lowest BCUT2D eigenvalue weighted by atomic mass is 10.00. The molecule has 2 aromatic carbocycles. The van der Waals surface area contributed by atoms with Crippen molar-refractivity contribution in [3.63, 3.8) is 0 Å². The number of benzene rings is 2. The number of nitrogens with zero attached hydrogens (tertiary/aromatic N) is 1. The first kappa shape index (κ1) is 16.4. The summed E-state index contributed by atoms with van der Waals surface area (Å²) in [7, 11) is 0. The Morgan fingerprint density at radius 1 is 1.19 bits per heavy atom. The topological polar surface area (TPSA) is 58.5 Å². The summed E-state index contributed by atoms with van der Waals surface area (Å²) in [6, 6.07) is 14.6. The van der Waals surface area contributed by atoms with E-state index >= 15 is 0 Å². The van der Waals surface area contributed by atoms with E-state index < -0.39 is 0 Å². The molecule has 1 atom stereocenters. The number of Topliss-reactive ketones (excluding diaryl/α,β-unsaturated/α-hetero) is 1. The van der Waals surface area contributed by atoms with Gasteiger partial charge in [-0.2, -0.15) is 0 Å². The number of rotatable bonds is 3. The van der Waals surface area contributed by atoms with Crippen LogP contribution in [0.3, 0.4) is 0 Å². The van der Waals surface area contributed by atoms with Crippen molar-refractivity contribution in [2.45, 2.75) is 25.8 Å². The predicted octanol–water partition coefficient (Wildman–Crippen LogP) is 4.81. The minimum atomic E-state index is -0.202. The lowest BCUT2D eigenvalue weighted by Crippen LogP contribution is -2.21. The molecule has 2 heterocycles. The Morgan fingerprint density at radius 2 is 2.07 bits per heavy atom. The average molecular weight is 374 g/mol. The Hall–Kier alpha value is -2.79. The van der Waals surface area contributed by atoms with Crippen LogP contribution in [-0.4, -0.2) is 17.9 Å². The highest BCUT2D eigenvalue weighted by Gasteiger charge is 2.28. The van der Waals surface area contributed by atoms with E-state index in [0.717, 1.165) is 16.8 Å². The van der Waals surface area contributed by atoms with Crippen molar-refractivity contribution >= 4 is 45.0 Å². The summed E-state index contributed by atoms with van der Waals surface area (Å²) in [4.78, 5) is 29.7. The van der Waals surface area contributed by atoms with Gasteiger partial charge in [-0.3, -0.25) is 14.6 Å². The van der Waals surface area contributed by atoms with Gasteiger partial charge in [0.15, 0.2) is 0 Å². The van der Waals surface area contributed by atoms with Crippen molar-refractivity contribution in [3.8, 4) is 10.4 Å². The number of aliphatic imine (C=N–C) groups is 1. The monoisotopic (exact) mass is 374 g/mol. The first-order valence-electron chi connectivity index (χ1n) is 9.15. The number of carbonyl (C=O) groups excluding carboxylic acids is 2. The van der Waals surface area contributed by atoms with E-state index in [1.54, 1.807) is 11.3 Å². The maximum atomic E-state index is 12.6. The first-order chi connectivity index (χ1) is 13.2. The SMILES string of the molecule is O=C1CC[C@H](C(=O)Nc2cc3c(c(-c4cc5ccccc5s4)c2)CN=C3)C1. The molecule has 1 aliphatic carbocycles. The highest BCUT2D eigenvalue weighted by atomic mass is 32.1. The number of fused-ring (bicyclic) bond motifs is 2. The van der Waals surface area contributed by atoms with Gasteiger partial charge in [0.2, 0.25) is 5.91 Å². The Kier molecular flexibility index (Phi) is 3.90. The van der Waals surface area contributed by atoms with Gasteiger partial charge in [-0.05, 0) is 47.2 Å². The molecule has 3 aromatic rings. The summed E-state index contributed by atoms with van der Waals surface area (Å²) in [6.45, 7) is 0.671. The minimum Gasteiger partial charge on any atom is -0.326 e. The summed E-state index contributed by atoms with van der Waals surface area (Å²) < 4.78 is 1.25. The van der Waals surface area contributed by atoms with Crippen LogP contribution < -0.4 is 5.32 Å². The van der Waals surface area contributed by atoms with E-state index in [4.69, 9.17) is 0 Å². The molecule has 1 aromatic heterocycles. The summed E-state index contributed by atoms with van der Waals surface area (Å²) in [6.07, 6.45) is 3.41. The molecule has 4 nitrogen and oxygen atoms in total. The molecular weight excluding hydrogens is 356 g/mol. The molecule has 5 rings (SSSR count). The smallest absolute Gasteiger partial charge is 0.227 e. The second-order valence-corrected chi connectivity index (χ2v) is 8.26. The van der Waals surface area contributed by atoms with Crippen LogP contribution in [-0.2, 0) is 16.1 Å². The lowest BCUT2D eigenvalue weighted by molar-refractivity contribution is -0.122. The number of amides is 1. The summed E-state index contributed by atoms with van der Waals surface area (Å²) >= 11 is 1.76. The quantitative estimate of drug-likeness (QED) is 0.715. The van der Waals surface area contributed by atoms with E-state index in [2.05, 4.69) is 34.6 Å². The molecule has 1 N–H and O–H groups in total. The van der Waals surface area contributed by atoms with Crippen LogP contribution in [0.4, 0.5) is 5.69 Å². The van der Waals surface area contributed by atoms with Crippen molar-refractivity contribution in [3.05, 3.63) is 53.6 Å². The van der Waals surface area contributed by atoms with Crippen LogP contribution in [0, 0.1) is 5.92 Å². The molecule has 1 saturated carbocycles. The van der Waals surface area contributed by atoms with Gasteiger partial charge < -0.3 is 5.32 Å². The molecule has 0 saturated heterocycles. The van der Waals surface area contributed by atoms with Crippen LogP contribution >= 0.6 is 11.3 Å². The average Bonchev–Trinajstić information content (AvgIpc) is 3.39. The zero-order valence-electron chi connectivity index (χ0n) is 14.7. The molecule has 1 amide bonds. The number of hydrogen-bond donors (Lipinski definition) is 1. The molecule has 5 heteroatoms. The summed E-state index contributed by atoms with van der Waals surface area (Å²) in [5.41, 5.74) is 4.17. The van der Waals surface area contributed by atoms with Gasteiger partial charge in [-0.1, -0.05) is 18.2 Å². The predicted molar refractivity (Wildman–Crippen MR) is 110 cm³/mol. The second-order valence-electron chi connectivity index (χ2n) is 7.18. The van der Waals surface area contributed by atoms with Crippen LogP contribution in [0.2, 0.25) is 0 Å². The zero-order valence-corrected chi connectivity index (χ0v) is 15.5. The van der Waals surface area contributed by atoms with Crippen molar-refractivity contribution in [1.82, 2.24) is 0 Å². The fourth-order valence-corrected chi connectivity index (χ4v) is 5.02. The molecule has 2 aliphatic rings. The van der Waals surface area contributed by atoms with Crippen molar-refractivity contribution in [2.75, 3.05) is 5.32 Å². The number of carbonyl (C=O) groups is 2.